The Morgan fingerprint density at radius 1 is 1.12 bits per heavy atom. The zero-order valence-corrected chi connectivity index (χ0v) is 15.1. The van der Waals surface area contributed by atoms with Gasteiger partial charge in [-0.3, -0.25) is 0 Å². The molecule has 0 spiro atoms. The van der Waals surface area contributed by atoms with Gasteiger partial charge in [0.1, 0.15) is 5.75 Å². The van der Waals surface area contributed by atoms with Crippen LogP contribution in [0, 0.1) is 0 Å². The lowest BCUT2D eigenvalue weighted by Crippen LogP contribution is -2.18. The van der Waals surface area contributed by atoms with Gasteiger partial charge in [-0.25, -0.2) is 0 Å². The fraction of sp³-hybridized carbons (Fsp3) is 0.222. The van der Waals surface area contributed by atoms with Gasteiger partial charge in [-0.2, -0.15) is 0 Å². The number of benzene rings is 2. The van der Waals surface area contributed by atoms with Gasteiger partial charge < -0.3 is 14.5 Å². The summed E-state index contributed by atoms with van der Waals surface area (Å²) in [6.07, 6.45) is 0. The molecule has 3 aromatic rings. The van der Waals surface area contributed by atoms with E-state index < -0.39 is 0 Å². The molecule has 5 nitrogen and oxygen atoms in total. The van der Waals surface area contributed by atoms with Crippen LogP contribution in [0.4, 0.5) is 0 Å². The number of hydrogen-bond donors (Lipinski definition) is 1. The molecular weight excluding hydrogens is 370 g/mol. The van der Waals surface area contributed by atoms with Crippen LogP contribution in [0.3, 0.4) is 0 Å². The van der Waals surface area contributed by atoms with E-state index in [0.717, 1.165) is 15.8 Å². The van der Waals surface area contributed by atoms with Crippen LogP contribution in [0.2, 0.25) is 0 Å². The van der Waals surface area contributed by atoms with Gasteiger partial charge >= 0.3 is 0 Å². The lowest BCUT2D eigenvalue weighted by atomic mass is 10.1. The fourth-order valence-electron chi connectivity index (χ4n) is 2.35. The summed E-state index contributed by atoms with van der Waals surface area (Å²) in [6, 6.07) is 15.8. The molecule has 0 radical (unpaired) electrons. The van der Waals surface area contributed by atoms with Crippen molar-refractivity contribution in [3.63, 3.8) is 0 Å². The Labute approximate surface area is 149 Å². The van der Waals surface area contributed by atoms with Crippen LogP contribution < -0.4 is 10.1 Å². The van der Waals surface area contributed by atoms with Gasteiger partial charge in [0.15, 0.2) is 0 Å². The average molecular weight is 388 g/mol. The van der Waals surface area contributed by atoms with Gasteiger partial charge in [-0.1, -0.05) is 34.1 Å². The van der Waals surface area contributed by atoms with Gasteiger partial charge in [0.2, 0.25) is 11.8 Å². The van der Waals surface area contributed by atoms with E-state index in [1.165, 1.54) is 5.56 Å². The van der Waals surface area contributed by atoms with Crippen LogP contribution in [0.1, 0.15) is 24.4 Å². The number of ether oxygens (including phenoxy) is 1. The number of nitrogens with zero attached hydrogens (tertiary/aromatic N) is 2. The Morgan fingerprint density at radius 2 is 1.88 bits per heavy atom. The number of hydrogen-bond acceptors (Lipinski definition) is 5. The van der Waals surface area contributed by atoms with Crippen molar-refractivity contribution in [3.8, 4) is 17.2 Å². The quantitative estimate of drug-likeness (QED) is 0.680. The van der Waals surface area contributed by atoms with E-state index >= 15 is 0 Å². The largest absolute Gasteiger partial charge is 0.497 e. The molecule has 124 valence electrons. The number of rotatable bonds is 6. The first-order chi connectivity index (χ1) is 11.7. The van der Waals surface area contributed by atoms with Crippen LogP contribution in [-0.4, -0.2) is 17.3 Å². The molecule has 0 aliphatic rings. The lowest BCUT2D eigenvalue weighted by Gasteiger charge is -2.14. The highest BCUT2D eigenvalue weighted by Crippen LogP contribution is 2.24. The standard InChI is InChI=1S/C18H18BrN3O2/c1-12(15-5-3-4-6-16(15)19)20-11-17-21-22-18(24-17)13-7-9-14(23-2)10-8-13/h3-10,12,20H,11H2,1-2H3. The van der Waals surface area contributed by atoms with Crippen LogP contribution in [0.25, 0.3) is 11.5 Å². The van der Waals surface area contributed by atoms with Crippen LogP contribution >= 0.6 is 15.9 Å². The van der Waals surface area contributed by atoms with Crippen LogP contribution in [0.15, 0.2) is 57.4 Å². The summed E-state index contributed by atoms with van der Waals surface area (Å²) in [4.78, 5) is 0. The molecule has 0 aliphatic heterocycles. The Morgan fingerprint density at radius 3 is 2.58 bits per heavy atom. The Kier molecular flexibility index (Phi) is 5.27. The van der Waals surface area contributed by atoms with E-state index in [1.807, 2.05) is 42.5 Å². The normalized spacial score (nSPS) is 12.1. The molecule has 1 atom stereocenters. The van der Waals surface area contributed by atoms with Crippen molar-refractivity contribution in [2.45, 2.75) is 19.5 Å². The Bertz CT molecular complexity index is 802. The summed E-state index contributed by atoms with van der Waals surface area (Å²) in [5.41, 5.74) is 2.06. The molecule has 1 heterocycles. The molecule has 1 unspecified atom stereocenters. The molecule has 0 saturated carbocycles. The fourth-order valence-corrected chi connectivity index (χ4v) is 2.98. The molecule has 6 heteroatoms. The minimum Gasteiger partial charge on any atom is -0.497 e. The molecule has 0 aliphatic carbocycles. The predicted molar refractivity (Wildman–Crippen MR) is 95.7 cm³/mol. The van der Waals surface area contributed by atoms with E-state index in [1.54, 1.807) is 7.11 Å². The molecular formula is C18H18BrN3O2. The van der Waals surface area contributed by atoms with Crippen LogP contribution in [-0.2, 0) is 6.54 Å². The maximum absolute atomic E-state index is 5.72. The highest BCUT2D eigenvalue weighted by Gasteiger charge is 2.12. The number of methoxy groups -OCH3 is 1. The molecule has 1 N–H and O–H groups in total. The highest BCUT2D eigenvalue weighted by molar-refractivity contribution is 9.10. The van der Waals surface area contributed by atoms with E-state index in [4.69, 9.17) is 9.15 Å². The second kappa shape index (κ2) is 7.59. The maximum Gasteiger partial charge on any atom is 0.247 e. The zero-order valence-electron chi connectivity index (χ0n) is 13.5. The maximum atomic E-state index is 5.72. The molecule has 0 bridgehead atoms. The Balaban J connectivity index is 1.64. The molecule has 24 heavy (non-hydrogen) atoms. The Hall–Kier alpha value is -2.18. The molecule has 2 aromatic carbocycles. The number of halogens is 1. The van der Waals surface area contributed by atoms with Gasteiger partial charge in [0.05, 0.1) is 13.7 Å². The smallest absolute Gasteiger partial charge is 0.247 e. The third-order valence-corrected chi connectivity index (χ3v) is 4.46. The van der Waals surface area contributed by atoms with Gasteiger partial charge in [0.25, 0.3) is 0 Å². The third-order valence-electron chi connectivity index (χ3n) is 3.74. The second-order valence-corrected chi connectivity index (χ2v) is 6.21. The van der Waals surface area contributed by atoms with E-state index in [-0.39, 0.29) is 6.04 Å². The molecule has 0 amide bonds. The van der Waals surface area contributed by atoms with Crippen molar-refractivity contribution in [2.24, 2.45) is 0 Å². The van der Waals surface area contributed by atoms with Crippen molar-refractivity contribution in [3.05, 3.63) is 64.5 Å². The minimum atomic E-state index is 0.164. The van der Waals surface area contributed by atoms with E-state index in [9.17, 15) is 0 Å². The van der Waals surface area contributed by atoms with Crippen molar-refractivity contribution >= 4 is 15.9 Å². The predicted octanol–water partition coefficient (Wildman–Crippen LogP) is 4.36. The first-order valence-corrected chi connectivity index (χ1v) is 8.41. The number of aromatic nitrogens is 2. The van der Waals surface area contributed by atoms with Gasteiger partial charge in [-0.05, 0) is 42.8 Å². The molecule has 1 aromatic heterocycles. The highest BCUT2D eigenvalue weighted by atomic mass is 79.9. The second-order valence-electron chi connectivity index (χ2n) is 5.35. The molecule has 3 rings (SSSR count). The van der Waals surface area contributed by atoms with E-state index in [2.05, 4.69) is 44.4 Å². The summed E-state index contributed by atoms with van der Waals surface area (Å²) in [6.45, 7) is 2.60. The molecule has 0 fully saturated rings. The van der Waals surface area contributed by atoms with Gasteiger partial charge in [-0.15, -0.1) is 10.2 Å². The summed E-state index contributed by atoms with van der Waals surface area (Å²) < 4.78 is 11.9. The zero-order chi connectivity index (χ0) is 16.9. The summed E-state index contributed by atoms with van der Waals surface area (Å²) >= 11 is 3.57. The first-order valence-electron chi connectivity index (χ1n) is 7.62. The molecule has 0 saturated heterocycles. The summed E-state index contributed by atoms with van der Waals surface area (Å²) in [5, 5.41) is 11.6. The van der Waals surface area contributed by atoms with Crippen molar-refractivity contribution in [1.29, 1.82) is 0 Å². The first kappa shape index (κ1) is 16.7. The monoisotopic (exact) mass is 387 g/mol. The SMILES string of the molecule is COc1ccc(-c2nnc(CNC(C)c3ccccc3Br)o2)cc1. The summed E-state index contributed by atoms with van der Waals surface area (Å²) in [7, 11) is 1.64. The van der Waals surface area contributed by atoms with Gasteiger partial charge in [0, 0.05) is 16.1 Å². The van der Waals surface area contributed by atoms with E-state index in [0.29, 0.717) is 18.3 Å². The average Bonchev–Trinajstić information content (AvgIpc) is 3.09. The topological polar surface area (TPSA) is 60.2 Å². The van der Waals surface area contributed by atoms with Crippen molar-refractivity contribution in [1.82, 2.24) is 15.5 Å². The van der Waals surface area contributed by atoms with Crippen molar-refractivity contribution in [2.75, 3.05) is 7.11 Å². The lowest BCUT2D eigenvalue weighted by molar-refractivity contribution is 0.414. The minimum absolute atomic E-state index is 0.164. The van der Waals surface area contributed by atoms with Crippen LogP contribution in [0.5, 0.6) is 5.75 Å². The summed E-state index contributed by atoms with van der Waals surface area (Å²) in [5.74, 6) is 1.85. The number of nitrogens with one attached hydrogen (secondary N) is 1. The van der Waals surface area contributed by atoms with Crippen molar-refractivity contribution < 1.29 is 9.15 Å². The third kappa shape index (κ3) is 3.83.